The monoisotopic (exact) mass is 340 g/mol. The lowest BCUT2D eigenvalue weighted by atomic mass is 10.2. The van der Waals surface area contributed by atoms with E-state index in [1.807, 2.05) is 24.2 Å². The van der Waals surface area contributed by atoms with Gasteiger partial charge in [0.05, 0.1) is 6.54 Å². The summed E-state index contributed by atoms with van der Waals surface area (Å²) in [5.74, 6) is 2.70. The van der Waals surface area contributed by atoms with Gasteiger partial charge in [-0.1, -0.05) is 12.8 Å². The summed E-state index contributed by atoms with van der Waals surface area (Å²) in [5, 5.41) is 3.43. The second-order valence-electron chi connectivity index (χ2n) is 6.62. The number of rotatable bonds is 4. The molecule has 0 unspecified atom stereocenters. The topological polar surface area (TPSA) is 50.3 Å². The summed E-state index contributed by atoms with van der Waals surface area (Å²) in [5.41, 5.74) is 0.919. The van der Waals surface area contributed by atoms with Crippen LogP contribution in [0.1, 0.15) is 31.2 Å². The third-order valence-corrected chi connectivity index (χ3v) is 4.62. The van der Waals surface area contributed by atoms with Crippen LogP contribution < -0.4 is 15.0 Å². The van der Waals surface area contributed by atoms with Crippen molar-refractivity contribution in [2.75, 3.05) is 23.8 Å². The molecule has 1 aliphatic carbocycles. The van der Waals surface area contributed by atoms with E-state index in [2.05, 4.69) is 15.3 Å². The van der Waals surface area contributed by atoms with E-state index in [0.717, 1.165) is 17.1 Å². The van der Waals surface area contributed by atoms with Gasteiger partial charge in [0.2, 0.25) is 5.95 Å². The number of nitrogens with zero attached hydrogens (tertiary/aromatic N) is 3. The highest BCUT2D eigenvalue weighted by Crippen LogP contribution is 2.28. The number of likely N-dealkylation sites (N-methyl/N-ethyl adjacent to an activating group) is 1. The summed E-state index contributed by atoms with van der Waals surface area (Å²) in [4.78, 5) is 11.1. The lowest BCUT2D eigenvalue weighted by Crippen LogP contribution is -2.28. The molecule has 0 amide bonds. The van der Waals surface area contributed by atoms with Gasteiger partial charge in [-0.3, -0.25) is 0 Å². The largest absolute Gasteiger partial charge is 0.460 e. The van der Waals surface area contributed by atoms with Gasteiger partial charge < -0.3 is 15.0 Å². The Morgan fingerprint density at radius 3 is 2.72 bits per heavy atom. The zero-order chi connectivity index (χ0) is 17.2. The third kappa shape index (κ3) is 3.57. The molecule has 5 nitrogen and oxygen atoms in total. The summed E-state index contributed by atoms with van der Waals surface area (Å²) >= 11 is 0. The molecule has 1 fully saturated rings. The Balaban J connectivity index is 1.52. The summed E-state index contributed by atoms with van der Waals surface area (Å²) in [7, 11) is 1.98. The number of nitrogens with one attached hydrogen (secondary N) is 1. The minimum Gasteiger partial charge on any atom is -0.460 e. The molecule has 1 aliphatic heterocycles. The van der Waals surface area contributed by atoms with Crippen molar-refractivity contribution in [3.8, 4) is 5.75 Å². The van der Waals surface area contributed by atoms with Crippen molar-refractivity contribution in [1.29, 1.82) is 0 Å². The Bertz CT molecular complexity index is 785. The molecule has 4 rings (SSSR count). The maximum absolute atomic E-state index is 13.0. The maximum atomic E-state index is 13.0. The molecule has 0 saturated heterocycles. The van der Waals surface area contributed by atoms with Crippen LogP contribution in [0, 0.1) is 5.82 Å². The number of halogens is 1. The SMILES string of the molecule is CN1CC(Oc2ccc(F)cc2)=Cc2cnc(NC3CCCC3)nc21. The zero-order valence-corrected chi connectivity index (χ0v) is 14.2. The molecule has 2 aliphatic rings. The van der Waals surface area contributed by atoms with Gasteiger partial charge in [-0.05, 0) is 43.2 Å². The van der Waals surface area contributed by atoms with Crippen molar-refractivity contribution >= 4 is 17.8 Å². The first kappa shape index (κ1) is 15.9. The highest BCUT2D eigenvalue weighted by Gasteiger charge is 2.21. The minimum absolute atomic E-state index is 0.275. The molecule has 25 heavy (non-hydrogen) atoms. The lowest BCUT2D eigenvalue weighted by molar-refractivity contribution is 0.417. The van der Waals surface area contributed by atoms with Crippen molar-refractivity contribution in [3.63, 3.8) is 0 Å². The van der Waals surface area contributed by atoms with Crippen LogP contribution in [0.25, 0.3) is 6.08 Å². The Hall–Kier alpha value is -2.63. The molecular weight excluding hydrogens is 319 g/mol. The average molecular weight is 340 g/mol. The molecular formula is C19H21FN4O. The van der Waals surface area contributed by atoms with E-state index in [9.17, 15) is 4.39 Å². The van der Waals surface area contributed by atoms with Crippen LogP contribution in [0.5, 0.6) is 5.75 Å². The molecule has 0 spiro atoms. The first-order chi connectivity index (χ1) is 12.2. The fourth-order valence-corrected chi connectivity index (χ4v) is 3.36. The standard InChI is InChI=1S/C19H21FN4O/c1-24-12-17(25-16-8-6-14(20)7-9-16)10-13-11-21-19(23-18(13)24)22-15-4-2-3-5-15/h6-11,15H,2-5,12H2,1H3,(H,21,22,23). The fourth-order valence-electron chi connectivity index (χ4n) is 3.36. The molecule has 2 heterocycles. The highest BCUT2D eigenvalue weighted by atomic mass is 19.1. The Morgan fingerprint density at radius 2 is 1.96 bits per heavy atom. The molecule has 1 saturated carbocycles. The first-order valence-corrected chi connectivity index (χ1v) is 8.66. The van der Waals surface area contributed by atoms with E-state index < -0.39 is 0 Å². The zero-order valence-electron chi connectivity index (χ0n) is 14.2. The van der Waals surface area contributed by atoms with Crippen LogP contribution in [-0.4, -0.2) is 29.6 Å². The Kier molecular flexibility index (Phi) is 4.26. The number of aromatic nitrogens is 2. The van der Waals surface area contributed by atoms with E-state index in [1.165, 1.54) is 37.8 Å². The second kappa shape index (κ2) is 6.70. The van der Waals surface area contributed by atoms with Crippen molar-refractivity contribution < 1.29 is 9.13 Å². The quantitative estimate of drug-likeness (QED) is 0.916. The molecule has 2 aromatic rings. The van der Waals surface area contributed by atoms with Crippen molar-refractivity contribution in [2.24, 2.45) is 0 Å². The maximum Gasteiger partial charge on any atom is 0.224 e. The van der Waals surface area contributed by atoms with Crippen molar-refractivity contribution in [2.45, 2.75) is 31.7 Å². The van der Waals surface area contributed by atoms with Crippen LogP contribution in [0.2, 0.25) is 0 Å². The summed E-state index contributed by atoms with van der Waals surface area (Å²) in [6, 6.07) is 6.51. The molecule has 1 N–H and O–H groups in total. The van der Waals surface area contributed by atoms with E-state index in [0.29, 0.717) is 24.3 Å². The van der Waals surface area contributed by atoms with Crippen LogP contribution in [-0.2, 0) is 0 Å². The normalized spacial score (nSPS) is 17.2. The fraction of sp³-hybridized carbons (Fsp3) is 0.368. The van der Waals surface area contributed by atoms with Crippen LogP contribution in [0.15, 0.2) is 36.2 Å². The smallest absolute Gasteiger partial charge is 0.224 e. The van der Waals surface area contributed by atoms with Gasteiger partial charge in [-0.2, -0.15) is 4.98 Å². The summed E-state index contributed by atoms with van der Waals surface area (Å²) in [6.45, 7) is 0.601. The van der Waals surface area contributed by atoms with E-state index >= 15 is 0 Å². The predicted molar refractivity (Wildman–Crippen MR) is 96.2 cm³/mol. The minimum atomic E-state index is -0.275. The van der Waals surface area contributed by atoms with E-state index in [4.69, 9.17) is 4.74 Å². The molecule has 130 valence electrons. The predicted octanol–water partition coefficient (Wildman–Crippen LogP) is 3.84. The molecule has 1 aromatic heterocycles. The third-order valence-electron chi connectivity index (χ3n) is 4.62. The van der Waals surface area contributed by atoms with E-state index in [1.54, 1.807) is 12.1 Å². The number of hydrogen-bond donors (Lipinski definition) is 1. The number of fused-ring (bicyclic) bond motifs is 1. The molecule has 0 atom stereocenters. The lowest BCUT2D eigenvalue weighted by Gasteiger charge is -2.26. The highest BCUT2D eigenvalue weighted by molar-refractivity contribution is 5.69. The van der Waals surface area contributed by atoms with Crippen LogP contribution in [0.4, 0.5) is 16.2 Å². The first-order valence-electron chi connectivity index (χ1n) is 8.66. The van der Waals surface area contributed by atoms with Gasteiger partial charge in [0, 0.05) is 24.8 Å². The molecule has 0 bridgehead atoms. The van der Waals surface area contributed by atoms with Crippen molar-refractivity contribution in [3.05, 3.63) is 47.6 Å². The molecule has 1 aromatic carbocycles. The average Bonchev–Trinajstić information content (AvgIpc) is 3.11. The van der Waals surface area contributed by atoms with E-state index in [-0.39, 0.29) is 5.82 Å². The van der Waals surface area contributed by atoms with Crippen LogP contribution in [0.3, 0.4) is 0 Å². The second-order valence-corrected chi connectivity index (χ2v) is 6.62. The van der Waals surface area contributed by atoms with Crippen molar-refractivity contribution in [1.82, 2.24) is 9.97 Å². The molecule has 0 radical (unpaired) electrons. The van der Waals surface area contributed by atoms with Gasteiger partial charge in [0.15, 0.2) is 0 Å². The van der Waals surface area contributed by atoms with Gasteiger partial charge in [-0.15, -0.1) is 0 Å². The Morgan fingerprint density at radius 1 is 1.20 bits per heavy atom. The number of benzene rings is 1. The number of ether oxygens (including phenoxy) is 1. The van der Waals surface area contributed by atoms with Crippen LogP contribution >= 0.6 is 0 Å². The van der Waals surface area contributed by atoms with Gasteiger partial charge in [0.25, 0.3) is 0 Å². The van der Waals surface area contributed by atoms with Gasteiger partial charge in [-0.25, -0.2) is 9.37 Å². The number of hydrogen-bond acceptors (Lipinski definition) is 5. The summed E-state index contributed by atoms with van der Waals surface area (Å²) in [6.07, 6.45) is 8.68. The Labute approximate surface area is 146 Å². The van der Waals surface area contributed by atoms with Gasteiger partial charge >= 0.3 is 0 Å². The van der Waals surface area contributed by atoms with Gasteiger partial charge in [0.1, 0.15) is 23.1 Å². The number of anilines is 2. The molecule has 6 heteroatoms. The summed E-state index contributed by atoms with van der Waals surface area (Å²) < 4.78 is 18.9.